The normalized spacial score (nSPS) is 23.7. The number of carbonyl (C=O) groups is 1. The summed E-state index contributed by atoms with van der Waals surface area (Å²) in [6.07, 6.45) is 5.36. The number of nitrogens with one attached hydrogen (secondary N) is 1. The number of amides is 1. The van der Waals surface area contributed by atoms with Gasteiger partial charge < -0.3 is 4.90 Å². The number of hydrogen-bond donors (Lipinski definition) is 1. The number of nitrogens with zero attached hydrogens (tertiary/aromatic N) is 1. The minimum Gasteiger partial charge on any atom is -0.329 e. The fourth-order valence-corrected chi connectivity index (χ4v) is 1.68. The van der Waals surface area contributed by atoms with Gasteiger partial charge in [0.2, 0.25) is 5.91 Å². The second-order valence-corrected chi connectivity index (χ2v) is 3.83. The number of rotatable bonds is 4. The average Bonchev–Trinajstić information content (AvgIpc) is 2.78. The fourth-order valence-electron chi connectivity index (χ4n) is 1.68. The molecule has 68 valence electrons. The first kappa shape index (κ1) is 8.05. The van der Waals surface area contributed by atoms with Crippen LogP contribution in [0.2, 0.25) is 0 Å². The molecule has 1 heterocycles. The third-order valence-corrected chi connectivity index (χ3v) is 2.67. The van der Waals surface area contributed by atoms with Crippen molar-refractivity contribution in [2.75, 3.05) is 19.8 Å². The lowest BCUT2D eigenvalue weighted by atomic mass is 10.2. The molecule has 0 spiro atoms. The highest BCUT2D eigenvalue weighted by Crippen LogP contribution is 2.33. The lowest BCUT2D eigenvalue weighted by Gasteiger charge is -2.13. The molecule has 1 amide bonds. The molecule has 12 heavy (non-hydrogen) atoms. The Morgan fingerprint density at radius 3 is 2.92 bits per heavy atom. The van der Waals surface area contributed by atoms with E-state index in [9.17, 15) is 4.79 Å². The van der Waals surface area contributed by atoms with E-state index in [0.717, 1.165) is 19.1 Å². The Labute approximate surface area is 73.1 Å². The van der Waals surface area contributed by atoms with E-state index in [2.05, 4.69) is 5.32 Å². The van der Waals surface area contributed by atoms with Crippen LogP contribution in [0, 0.1) is 5.92 Å². The summed E-state index contributed by atoms with van der Waals surface area (Å²) in [5.74, 6) is 1.27. The van der Waals surface area contributed by atoms with Crippen LogP contribution in [-0.4, -0.2) is 30.6 Å². The molecule has 2 aliphatic rings. The Bertz CT molecular complexity index is 177. The molecular weight excluding hydrogens is 152 g/mol. The van der Waals surface area contributed by atoms with Crippen molar-refractivity contribution in [2.24, 2.45) is 5.92 Å². The van der Waals surface area contributed by atoms with Crippen molar-refractivity contribution in [3.63, 3.8) is 0 Å². The zero-order chi connectivity index (χ0) is 8.39. The highest BCUT2D eigenvalue weighted by molar-refractivity contribution is 5.79. The third-order valence-electron chi connectivity index (χ3n) is 2.67. The molecule has 0 aromatic carbocycles. The molecule has 0 unspecified atom stereocenters. The van der Waals surface area contributed by atoms with E-state index in [1.54, 1.807) is 0 Å². The number of carbonyl (C=O) groups excluding carboxylic acids is 1. The molecule has 1 aliphatic carbocycles. The van der Waals surface area contributed by atoms with Crippen molar-refractivity contribution in [1.82, 2.24) is 10.2 Å². The van der Waals surface area contributed by atoms with Gasteiger partial charge in [-0.15, -0.1) is 0 Å². The Morgan fingerprint density at radius 1 is 1.50 bits per heavy atom. The second kappa shape index (κ2) is 3.44. The fraction of sp³-hybridized carbons (Fsp3) is 0.889. The summed E-state index contributed by atoms with van der Waals surface area (Å²) in [7, 11) is 0. The molecule has 1 aliphatic heterocycles. The monoisotopic (exact) mass is 168 g/mol. The molecule has 0 atom stereocenters. The molecule has 1 saturated carbocycles. The summed E-state index contributed by atoms with van der Waals surface area (Å²) in [5, 5.41) is 3.05. The summed E-state index contributed by atoms with van der Waals surface area (Å²) >= 11 is 0. The Balaban J connectivity index is 1.61. The van der Waals surface area contributed by atoms with Crippen LogP contribution < -0.4 is 5.32 Å². The zero-order valence-electron chi connectivity index (χ0n) is 7.38. The van der Waals surface area contributed by atoms with Gasteiger partial charge in [-0.1, -0.05) is 12.8 Å². The first-order valence-electron chi connectivity index (χ1n) is 4.85. The van der Waals surface area contributed by atoms with Crippen molar-refractivity contribution in [3.05, 3.63) is 0 Å². The average molecular weight is 168 g/mol. The van der Waals surface area contributed by atoms with E-state index in [-0.39, 0.29) is 5.91 Å². The maximum absolute atomic E-state index is 11.1. The van der Waals surface area contributed by atoms with Crippen molar-refractivity contribution in [2.45, 2.75) is 25.7 Å². The molecule has 0 radical (unpaired) electrons. The Kier molecular flexibility index (Phi) is 2.30. The van der Waals surface area contributed by atoms with Gasteiger partial charge in [0.05, 0.1) is 13.2 Å². The molecule has 1 N–H and O–H groups in total. The van der Waals surface area contributed by atoms with E-state index in [1.165, 1.54) is 25.7 Å². The minimum atomic E-state index is 0.269. The lowest BCUT2D eigenvalue weighted by Crippen LogP contribution is -2.27. The van der Waals surface area contributed by atoms with E-state index >= 15 is 0 Å². The Hall–Kier alpha value is -0.570. The zero-order valence-corrected chi connectivity index (χ0v) is 7.38. The van der Waals surface area contributed by atoms with Crippen LogP contribution in [0.15, 0.2) is 0 Å². The molecule has 2 rings (SSSR count). The SMILES string of the molecule is O=C1CNCN1CCCC1CC1. The molecule has 3 heteroatoms. The standard InChI is InChI=1S/C9H16N2O/c12-9-6-10-7-11(9)5-1-2-8-3-4-8/h8,10H,1-7H2. The van der Waals surface area contributed by atoms with Crippen LogP contribution in [0.1, 0.15) is 25.7 Å². The Morgan fingerprint density at radius 2 is 2.33 bits per heavy atom. The molecule has 0 aromatic rings. The van der Waals surface area contributed by atoms with E-state index < -0.39 is 0 Å². The van der Waals surface area contributed by atoms with Gasteiger partial charge in [-0.05, 0) is 18.8 Å². The van der Waals surface area contributed by atoms with Crippen molar-refractivity contribution in [3.8, 4) is 0 Å². The van der Waals surface area contributed by atoms with E-state index in [0.29, 0.717) is 6.54 Å². The topological polar surface area (TPSA) is 32.3 Å². The minimum absolute atomic E-state index is 0.269. The van der Waals surface area contributed by atoms with Crippen LogP contribution >= 0.6 is 0 Å². The van der Waals surface area contributed by atoms with E-state index in [4.69, 9.17) is 0 Å². The largest absolute Gasteiger partial charge is 0.329 e. The number of hydrogen-bond acceptors (Lipinski definition) is 2. The van der Waals surface area contributed by atoms with Gasteiger partial charge in [-0.2, -0.15) is 0 Å². The van der Waals surface area contributed by atoms with Gasteiger partial charge in [-0.3, -0.25) is 10.1 Å². The summed E-state index contributed by atoms with van der Waals surface area (Å²) in [4.78, 5) is 13.0. The van der Waals surface area contributed by atoms with Crippen molar-refractivity contribution in [1.29, 1.82) is 0 Å². The molecule has 2 fully saturated rings. The smallest absolute Gasteiger partial charge is 0.237 e. The van der Waals surface area contributed by atoms with Gasteiger partial charge in [-0.25, -0.2) is 0 Å². The van der Waals surface area contributed by atoms with Crippen LogP contribution in [0.3, 0.4) is 0 Å². The summed E-state index contributed by atoms with van der Waals surface area (Å²) in [5.41, 5.74) is 0. The second-order valence-electron chi connectivity index (χ2n) is 3.83. The van der Waals surface area contributed by atoms with Gasteiger partial charge in [0.1, 0.15) is 0 Å². The van der Waals surface area contributed by atoms with Crippen LogP contribution in [0.4, 0.5) is 0 Å². The molecule has 0 aromatic heterocycles. The summed E-state index contributed by atoms with van der Waals surface area (Å²) in [6, 6.07) is 0. The predicted molar refractivity (Wildman–Crippen MR) is 46.5 cm³/mol. The molecule has 1 saturated heterocycles. The van der Waals surface area contributed by atoms with Gasteiger partial charge >= 0.3 is 0 Å². The molecule has 0 bridgehead atoms. The highest BCUT2D eigenvalue weighted by Gasteiger charge is 2.22. The van der Waals surface area contributed by atoms with Gasteiger partial charge in [0.15, 0.2) is 0 Å². The summed E-state index contributed by atoms with van der Waals surface area (Å²) in [6.45, 7) is 2.27. The summed E-state index contributed by atoms with van der Waals surface area (Å²) < 4.78 is 0. The highest BCUT2D eigenvalue weighted by atomic mass is 16.2. The van der Waals surface area contributed by atoms with Crippen LogP contribution in [0.25, 0.3) is 0 Å². The molecule has 3 nitrogen and oxygen atoms in total. The van der Waals surface area contributed by atoms with Gasteiger partial charge in [0.25, 0.3) is 0 Å². The quantitative estimate of drug-likeness (QED) is 0.665. The van der Waals surface area contributed by atoms with Crippen molar-refractivity contribution >= 4 is 5.91 Å². The predicted octanol–water partition coefficient (Wildman–Crippen LogP) is 0.566. The van der Waals surface area contributed by atoms with Gasteiger partial charge in [0, 0.05) is 6.54 Å². The maximum atomic E-state index is 11.1. The van der Waals surface area contributed by atoms with Crippen LogP contribution in [-0.2, 0) is 4.79 Å². The van der Waals surface area contributed by atoms with E-state index in [1.807, 2.05) is 4.90 Å². The maximum Gasteiger partial charge on any atom is 0.237 e. The first-order chi connectivity index (χ1) is 5.86. The van der Waals surface area contributed by atoms with Crippen LogP contribution in [0.5, 0.6) is 0 Å². The molecular formula is C9H16N2O. The first-order valence-corrected chi connectivity index (χ1v) is 4.85. The lowest BCUT2D eigenvalue weighted by molar-refractivity contribution is -0.126. The third kappa shape index (κ3) is 1.97. The van der Waals surface area contributed by atoms with Crippen molar-refractivity contribution < 1.29 is 4.79 Å².